The van der Waals surface area contributed by atoms with Crippen LogP contribution in [0.3, 0.4) is 0 Å². The average Bonchev–Trinajstić information content (AvgIpc) is 2.55. The number of amides is 1. The SMILES string of the molecule is COc1ccc(Br)cc1CN(C)C(=O)Cc1ccccc1[N+](=O)[O-]. The van der Waals surface area contributed by atoms with E-state index in [1.807, 2.05) is 18.2 Å². The third-order valence-corrected chi connectivity index (χ3v) is 4.10. The normalized spacial score (nSPS) is 10.3. The van der Waals surface area contributed by atoms with Crippen molar-refractivity contribution in [2.45, 2.75) is 13.0 Å². The first kappa shape index (κ1) is 17.9. The van der Waals surface area contributed by atoms with Crippen LogP contribution in [0.5, 0.6) is 5.75 Å². The molecule has 0 aliphatic carbocycles. The minimum absolute atomic E-state index is 0.0238. The topological polar surface area (TPSA) is 72.7 Å². The molecule has 0 saturated carbocycles. The van der Waals surface area contributed by atoms with Crippen molar-refractivity contribution in [3.05, 3.63) is 68.2 Å². The van der Waals surface area contributed by atoms with Crippen LogP contribution in [0.15, 0.2) is 46.9 Å². The Morgan fingerprint density at radius 3 is 2.62 bits per heavy atom. The van der Waals surface area contributed by atoms with Gasteiger partial charge in [0.05, 0.1) is 18.5 Å². The van der Waals surface area contributed by atoms with Gasteiger partial charge in [-0.1, -0.05) is 34.1 Å². The number of carbonyl (C=O) groups is 1. The molecule has 0 aliphatic rings. The maximum Gasteiger partial charge on any atom is 0.273 e. The zero-order valence-corrected chi connectivity index (χ0v) is 14.9. The average molecular weight is 393 g/mol. The Balaban J connectivity index is 2.14. The number of carbonyl (C=O) groups excluding carboxylic acids is 1. The molecule has 126 valence electrons. The highest BCUT2D eigenvalue weighted by molar-refractivity contribution is 9.10. The van der Waals surface area contributed by atoms with Gasteiger partial charge >= 0.3 is 0 Å². The number of hydrogen-bond acceptors (Lipinski definition) is 4. The van der Waals surface area contributed by atoms with Crippen LogP contribution in [0.4, 0.5) is 5.69 Å². The molecule has 0 atom stereocenters. The van der Waals surface area contributed by atoms with Crippen LogP contribution in [-0.4, -0.2) is 29.9 Å². The minimum atomic E-state index is -0.472. The number of likely N-dealkylation sites (N-methyl/N-ethyl adjacent to an activating group) is 1. The Bertz CT molecular complexity index is 764. The number of methoxy groups -OCH3 is 1. The fourth-order valence-corrected chi connectivity index (χ4v) is 2.76. The number of benzene rings is 2. The predicted octanol–water partition coefficient (Wildman–Crippen LogP) is 3.57. The quantitative estimate of drug-likeness (QED) is 0.556. The van der Waals surface area contributed by atoms with Crippen LogP contribution in [0.1, 0.15) is 11.1 Å². The monoisotopic (exact) mass is 392 g/mol. The molecular weight excluding hydrogens is 376 g/mol. The van der Waals surface area contributed by atoms with E-state index in [1.165, 1.54) is 11.0 Å². The lowest BCUT2D eigenvalue weighted by Gasteiger charge is -2.19. The van der Waals surface area contributed by atoms with E-state index in [0.717, 1.165) is 10.0 Å². The first-order valence-corrected chi connectivity index (χ1v) is 8.00. The van der Waals surface area contributed by atoms with E-state index in [-0.39, 0.29) is 18.0 Å². The number of rotatable bonds is 6. The molecule has 7 heteroatoms. The van der Waals surface area contributed by atoms with Crippen molar-refractivity contribution in [3.8, 4) is 5.75 Å². The van der Waals surface area contributed by atoms with Gasteiger partial charge in [0.15, 0.2) is 0 Å². The van der Waals surface area contributed by atoms with Gasteiger partial charge < -0.3 is 9.64 Å². The Kier molecular flexibility index (Phi) is 5.92. The Morgan fingerprint density at radius 2 is 1.96 bits per heavy atom. The summed E-state index contributed by atoms with van der Waals surface area (Å²) < 4.78 is 6.19. The van der Waals surface area contributed by atoms with Crippen LogP contribution >= 0.6 is 15.9 Å². The number of ether oxygens (including phenoxy) is 1. The van der Waals surface area contributed by atoms with Crippen LogP contribution in [-0.2, 0) is 17.8 Å². The zero-order chi connectivity index (χ0) is 17.7. The molecule has 2 aromatic carbocycles. The molecule has 6 nitrogen and oxygen atoms in total. The number of nitro groups is 1. The van der Waals surface area contributed by atoms with E-state index in [1.54, 1.807) is 32.4 Å². The lowest BCUT2D eigenvalue weighted by molar-refractivity contribution is -0.385. The molecule has 0 aliphatic heterocycles. The van der Waals surface area contributed by atoms with Crippen molar-refractivity contribution in [3.63, 3.8) is 0 Å². The van der Waals surface area contributed by atoms with E-state index in [4.69, 9.17) is 4.74 Å². The van der Waals surface area contributed by atoms with Crippen molar-refractivity contribution in [1.82, 2.24) is 4.90 Å². The van der Waals surface area contributed by atoms with E-state index in [9.17, 15) is 14.9 Å². The first-order chi connectivity index (χ1) is 11.4. The van der Waals surface area contributed by atoms with Crippen LogP contribution in [0, 0.1) is 10.1 Å². The number of hydrogen-bond donors (Lipinski definition) is 0. The van der Waals surface area contributed by atoms with Crippen molar-refractivity contribution in [1.29, 1.82) is 0 Å². The van der Waals surface area contributed by atoms with Gasteiger partial charge in [-0.05, 0) is 18.2 Å². The van der Waals surface area contributed by atoms with Gasteiger partial charge in [0.1, 0.15) is 5.75 Å². The van der Waals surface area contributed by atoms with Gasteiger partial charge in [-0.25, -0.2) is 0 Å². The second-order valence-corrected chi connectivity index (χ2v) is 6.18. The summed E-state index contributed by atoms with van der Waals surface area (Å²) in [5, 5.41) is 11.0. The standard InChI is InChI=1S/C17H17BrN2O4/c1-19(11-13-9-14(18)7-8-16(13)24-2)17(21)10-12-5-3-4-6-15(12)20(22)23/h3-9H,10-11H2,1-2H3. The second-order valence-electron chi connectivity index (χ2n) is 5.27. The van der Waals surface area contributed by atoms with Crippen molar-refractivity contribution in [2.75, 3.05) is 14.2 Å². The molecule has 0 unspecified atom stereocenters. The molecule has 0 fully saturated rings. The first-order valence-electron chi connectivity index (χ1n) is 7.21. The number of nitro benzene ring substituents is 1. The molecule has 1 amide bonds. The van der Waals surface area contributed by atoms with Crippen molar-refractivity contribution in [2.24, 2.45) is 0 Å². The number of para-hydroxylation sites is 1. The number of halogens is 1. The van der Waals surface area contributed by atoms with Crippen LogP contribution < -0.4 is 4.74 Å². The maximum atomic E-state index is 12.4. The Labute approximate surface area is 148 Å². The second kappa shape index (κ2) is 7.92. The van der Waals surface area contributed by atoms with Gasteiger partial charge in [-0.3, -0.25) is 14.9 Å². The summed E-state index contributed by atoms with van der Waals surface area (Å²) in [4.78, 5) is 24.5. The highest BCUT2D eigenvalue weighted by Gasteiger charge is 2.18. The van der Waals surface area contributed by atoms with E-state index < -0.39 is 4.92 Å². The molecule has 0 aromatic heterocycles. The summed E-state index contributed by atoms with van der Waals surface area (Å²) in [6.07, 6.45) is -0.0238. The smallest absolute Gasteiger partial charge is 0.273 e. The van der Waals surface area contributed by atoms with Gasteiger partial charge in [0, 0.05) is 35.3 Å². The summed E-state index contributed by atoms with van der Waals surface area (Å²) in [5.74, 6) is 0.481. The Hall–Kier alpha value is -2.41. The molecule has 0 saturated heterocycles. The molecular formula is C17H17BrN2O4. The molecule has 0 spiro atoms. The summed E-state index contributed by atoms with van der Waals surface area (Å²) in [5.41, 5.74) is 1.21. The van der Waals surface area contributed by atoms with Gasteiger partial charge in [0.25, 0.3) is 5.69 Å². The maximum absolute atomic E-state index is 12.4. The summed E-state index contributed by atoms with van der Waals surface area (Å²) in [7, 11) is 3.24. The highest BCUT2D eigenvalue weighted by atomic mass is 79.9. The highest BCUT2D eigenvalue weighted by Crippen LogP contribution is 2.25. The van der Waals surface area contributed by atoms with Gasteiger partial charge in [-0.15, -0.1) is 0 Å². The summed E-state index contributed by atoms with van der Waals surface area (Å²) >= 11 is 3.40. The summed E-state index contributed by atoms with van der Waals surface area (Å²) in [6, 6.07) is 11.8. The molecule has 24 heavy (non-hydrogen) atoms. The molecule has 0 radical (unpaired) electrons. The molecule has 0 bridgehead atoms. The van der Waals surface area contributed by atoms with Crippen LogP contribution in [0.25, 0.3) is 0 Å². The van der Waals surface area contributed by atoms with Gasteiger partial charge in [0.2, 0.25) is 5.91 Å². The zero-order valence-electron chi connectivity index (χ0n) is 13.4. The lowest BCUT2D eigenvalue weighted by atomic mass is 10.1. The fraction of sp³-hybridized carbons (Fsp3) is 0.235. The third kappa shape index (κ3) is 4.32. The minimum Gasteiger partial charge on any atom is -0.496 e. The summed E-state index contributed by atoms with van der Waals surface area (Å²) in [6.45, 7) is 0.349. The molecule has 2 rings (SSSR count). The fourth-order valence-electron chi connectivity index (χ4n) is 2.35. The molecule has 0 heterocycles. The van der Waals surface area contributed by atoms with Crippen molar-refractivity contribution >= 4 is 27.5 Å². The third-order valence-electron chi connectivity index (χ3n) is 3.61. The molecule has 2 aromatic rings. The van der Waals surface area contributed by atoms with E-state index in [0.29, 0.717) is 17.9 Å². The lowest BCUT2D eigenvalue weighted by Crippen LogP contribution is -2.28. The van der Waals surface area contributed by atoms with Crippen molar-refractivity contribution < 1.29 is 14.5 Å². The van der Waals surface area contributed by atoms with Gasteiger partial charge in [-0.2, -0.15) is 0 Å². The van der Waals surface area contributed by atoms with E-state index in [2.05, 4.69) is 15.9 Å². The van der Waals surface area contributed by atoms with Crippen LogP contribution in [0.2, 0.25) is 0 Å². The van der Waals surface area contributed by atoms with E-state index >= 15 is 0 Å². The molecule has 0 N–H and O–H groups in total. The Morgan fingerprint density at radius 1 is 1.25 bits per heavy atom. The largest absolute Gasteiger partial charge is 0.496 e. The predicted molar refractivity (Wildman–Crippen MR) is 94.0 cm³/mol. The number of nitrogens with zero attached hydrogens (tertiary/aromatic N) is 2.